The zero-order chi connectivity index (χ0) is 13.5. The molecule has 1 aromatic carbocycles. The number of methoxy groups -OCH3 is 2. The molecule has 0 spiro atoms. The lowest BCUT2D eigenvalue weighted by Crippen LogP contribution is -2.26. The molecule has 0 saturated heterocycles. The van der Waals surface area contributed by atoms with Crippen LogP contribution in [-0.4, -0.2) is 44.4 Å². The number of hydrogen-bond donors (Lipinski definition) is 1. The lowest BCUT2D eigenvalue weighted by atomic mass is 10.1. The molecule has 0 fully saturated rings. The van der Waals surface area contributed by atoms with Gasteiger partial charge in [0.2, 0.25) is 0 Å². The van der Waals surface area contributed by atoms with Crippen molar-refractivity contribution in [1.82, 2.24) is 4.90 Å². The molecule has 5 nitrogen and oxygen atoms in total. The van der Waals surface area contributed by atoms with Gasteiger partial charge < -0.3 is 14.6 Å². The van der Waals surface area contributed by atoms with E-state index < -0.39 is 6.04 Å². The third kappa shape index (κ3) is 3.13. The topological polar surface area (TPSA) is 65.7 Å². The van der Waals surface area contributed by atoms with Gasteiger partial charge in [-0.3, -0.25) is 4.90 Å². The summed E-state index contributed by atoms with van der Waals surface area (Å²) in [6.07, 6.45) is 0. The van der Waals surface area contributed by atoms with E-state index in [1.165, 1.54) is 0 Å². The molecule has 5 heteroatoms. The first-order valence-corrected chi connectivity index (χ1v) is 5.60. The summed E-state index contributed by atoms with van der Waals surface area (Å²) in [7, 11) is 4.92. The van der Waals surface area contributed by atoms with E-state index in [1.54, 1.807) is 44.4 Å². The Bertz CT molecular complexity index is 429. The van der Waals surface area contributed by atoms with E-state index in [-0.39, 0.29) is 6.61 Å². The van der Waals surface area contributed by atoms with Crippen LogP contribution >= 0.6 is 0 Å². The van der Waals surface area contributed by atoms with Crippen molar-refractivity contribution in [3.8, 4) is 17.6 Å². The van der Waals surface area contributed by atoms with Crippen molar-refractivity contribution < 1.29 is 14.6 Å². The van der Waals surface area contributed by atoms with E-state index in [0.717, 1.165) is 5.56 Å². The summed E-state index contributed by atoms with van der Waals surface area (Å²) in [5.41, 5.74) is 0.732. The Morgan fingerprint density at radius 2 is 2.11 bits per heavy atom. The average Bonchev–Trinajstić information content (AvgIpc) is 2.39. The van der Waals surface area contributed by atoms with Gasteiger partial charge in [0.1, 0.15) is 17.5 Å². The second-order valence-corrected chi connectivity index (χ2v) is 3.84. The van der Waals surface area contributed by atoms with Crippen LogP contribution in [0.4, 0.5) is 0 Å². The number of aliphatic hydroxyl groups excluding tert-OH is 1. The van der Waals surface area contributed by atoms with Crippen LogP contribution in [0.1, 0.15) is 11.6 Å². The van der Waals surface area contributed by atoms with Crippen LogP contribution in [0.3, 0.4) is 0 Å². The average molecular weight is 250 g/mol. The first-order chi connectivity index (χ1) is 8.67. The van der Waals surface area contributed by atoms with E-state index in [4.69, 9.17) is 14.6 Å². The number of aliphatic hydroxyl groups is 1. The summed E-state index contributed by atoms with van der Waals surface area (Å²) in [6, 6.07) is 7.05. The zero-order valence-corrected chi connectivity index (χ0v) is 10.9. The van der Waals surface area contributed by atoms with Crippen LogP contribution in [0.15, 0.2) is 18.2 Å². The van der Waals surface area contributed by atoms with Gasteiger partial charge in [-0.05, 0) is 25.2 Å². The van der Waals surface area contributed by atoms with Crippen molar-refractivity contribution in [2.24, 2.45) is 0 Å². The second kappa shape index (κ2) is 6.84. The van der Waals surface area contributed by atoms with Crippen LogP contribution in [0.2, 0.25) is 0 Å². The van der Waals surface area contributed by atoms with Crippen molar-refractivity contribution in [2.75, 3.05) is 34.4 Å². The fourth-order valence-electron chi connectivity index (χ4n) is 1.75. The molecule has 1 unspecified atom stereocenters. The minimum Gasteiger partial charge on any atom is -0.497 e. The van der Waals surface area contributed by atoms with Crippen LogP contribution < -0.4 is 9.47 Å². The maximum absolute atomic E-state index is 9.29. The quantitative estimate of drug-likeness (QED) is 0.821. The number of nitriles is 1. The predicted octanol–water partition coefficient (Wildman–Crippen LogP) is 1.19. The van der Waals surface area contributed by atoms with Gasteiger partial charge in [-0.1, -0.05) is 0 Å². The second-order valence-electron chi connectivity index (χ2n) is 3.84. The number of hydrogen-bond acceptors (Lipinski definition) is 5. The van der Waals surface area contributed by atoms with Gasteiger partial charge in [0.15, 0.2) is 0 Å². The fourth-order valence-corrected chi connectivity index (χ4v) is 1.75. The Hall–Kier alpha value is -1.77. The number of nitrogens with zero attached hydrogens (tertiary/aromatic N) is 2. The summed E-state index contributed by atoms with van der Waals surface area (Å²) in [6.45, 7) is 0.416. The SMILES string of the molecule is COc1ccc(OC)c(C(C#N)N(C)CCO)c1. The van der Waals surface area contributed by atoms with Crippen LogP contribution in [0.25, 0.3) is 0 Å². The zero-order valence-electron chi connectivity index (χ0n) is 10.9. The summed E-state index contributed by atoms with van der Waals surface area (Å²) >= 11 is 0. The minimum absolute atomic E-state index is 0.000956. The molecule has 0 saturated carbocycles. The van der Waals surface area contributed by atoms with E-state index in [2.05, 4.69) is 6.07 Å². The Morgan fingerprint density at radius 1 is 1.39 bits per heavy atom. The van der Waals surface area contributed by atoms with Gasteiger partial charge in [-0.15, -0.1) is 0 Å². The van der Waals surface area contributed by atoms with Gasteiger partial charge in [0, 0.05) is 12.1 Å². The first kappa shape index (κ1) is 14.3. The van der Waals surface area contributed by atoms with Gasteiger partial charge in [0.05, 0.1) is 26.9 Å². The predicted molar refractivity (Wildman–Crippen MR) is 67.6 cm³/mol. The van der Waals surface area contributed by atoms with E-state index in [9.17, 15) is 5.26 Å². The van der Waals surface area contributed by atoms with Crippen molar-refractivity contribution in [1.29, 1.82) is 5.26 Å². The molecule has 98 valence electrons. The monoisotopic (exact) mass is 250 g/mol. The van der Waals surface area contributed by atoms with Crippen molar-refractivity contribution in [3.63, 3.8) is 0 Å². The number of rotatable bonds is 6. The lowest BCUT2D eigenvalue weighted by molar-refractivity contribution is 0.201. The van der Waals surface area contributed by atoms with E-state index >= 15 is 0 Å². The highest BCUT2D eigenvalue weighted by atomic mass is 16.5. The molecule has 0 radical (unpaired) electrons. The van der Waals surface area contributed by atoms with Crippen molar-refractivity contribution in [2.45, 2.75) is 6.04 Å². The fraction of sp³-hybridized carbons (Fsp3) is 0.462. The molecule has 1 N–H and O–H groups in total. The first-order valence-electron chi connectivity index (χ1n) is 5.60. The molecule has 0 heterocycles. The Kier molecular flexibility index (Phi) is 5.43. The van der Waals surface area contributed by atoms with Gasteiger partial charge >= 0.3 is 0 Å². The Morgan fingerprint density at radius 3 is 2.61 bits per heavy atom. The van der Waals surface area contributed by atoms with Gasteiger partial charge in [-0.25, -0.2) is 0 Å². The molecule has 1 rings (SSSR count). The molecule has 1 aromatic rings. The summed E-state index contributed by atoms with van der Waals surface area (Å²) in [4.78, 5) is 1.76. The smallest absolute Gasteiger partial charge is 0.127 e. The molecule has 0 aliphatic heterocycles. The largest absolute Gasteiger partial charge is 0.497 e. The number of benzene rings is 1. The standard InChI is InChI=1S/C13H18N2O3/c1-15(6-7-16)12(9-14)11-8-10(17-2)4-5-13(11)18-3/h4-5,8,12,16H,6-7H2,1-3H3. The Labute approximate surface area is 107 Å². The molecule has 0 aromatic heterocycles. The molecule has 0 amide bonds. The Balaban J connectivity index is 3.14. The summed E-state index contributed by atoms with van der Waals surface area (Å²) < 4.78 is 10.4. The van der Waals surface area contributed by atoms with Crippen LogP contribution in [0.5, 0.6) is 11.5 Å². The van der Waals surface area contributed by atoms with Crippen molar-refractivity contribution >= 4 is 0 Å². The maximum atomic E-state index is 9.29. The minimum atomic E-state index is -0.484. The van der Waals surface area contributed by atoms with Crippen LogP contribution in [0, 0.1) is 11.3 Å². The third-order valence-electron chi connectivity index (χ3n) is 2.75. The van der Waals surface area contributed by atoms with Crippen molar-refractivity contribution in [3.05, 3.63) is 23.8 Å². The normalized spacial score (nSPS) is 12.0. The molecule has 18 heavy (non-hydrogen) atoms. The maximum Gasteiger partial charge on any atom is 0.127 e. The highest BCUT2D eigenvalue weighted by Gasteiger charge is 2.20. The molecular formula is C13H18N2O3. The molecule has 0 aliphatic carbocycles. The highest BCUT2D eigenvalue weighted by Crippen LogP contribution is 2.31. The van der Waals surface area contributed by atoms with E-state index in [0.29, 0.717) is 18.0 Å². The molecule has 1 atom stereocenters. The molecule has 0 bridgehead atoms. The van der Waals surface area contributed by atoms with Gasteiger partial charge in [-0.2, -0.15) is 5.26 Å². The van der Waals surface area contributed by atoms with Gasteiger partial charge in [0.25, 0.3) is 0 Å². The third-order valence-corrected chi connectivity index (χ3v) is 2.75. The number of ether oxygens (including phenoxy) is 2. The molecule has 0 aliphatic rings. The molecular weight excluding hydrogens is 232 g/mol. The highest BCUT2D eigenvalue weighted by molar-refractivity contribution is 5.44. The van der Waals surface area contributed by atoms with E-state index in [1.807, 2.05) is 0 Å². The lowest BCUT2D eigenvalue weighted by Gasteiger charge is -2.23. The summed E-state index contributed by atoms with van der Waals surface area (Å²) in [5, 5.41) is 18.2. The number of likely N-dealkylation sites (N-methyl/N-ethyl adjacent to an activating group) is 1. The van der Waals surface area contributed by atoms with Crippen LogP contribution in [-0.2, 0) is 0 Å². The summed E-state index contributed by atoms with van der Waals surface area (Å²) in [5.74, 6) is 1.30.